The molecule has 0 amide bonds. The van der Waals surface area contributed by atoms with E-state index in [4.69, 9.17) is 4.55 Å². The van der Waals surface area contributed by atoms with E-state index < -0.39 is 21.9 Å². The van der Waals surface area contributed by atoms with Crippen LogP contribution in [-0.2, 0) is 10.1 Å². The molecule has 106 valence electrons. The van der Waals surface area contributed by atoms with Gasteiger partial charge in [-0.3, -0.25) is 4.55 Å². The van der Waals surface area contributed by atoms with Crippen LogP contribution >= 0.6 is 0 Å². The van der Waals surface area contributed by atoms with Crippen LogP contribution in [0.1, 0.15) is 5.56 Å². The molecule has 2 rings (SSSR count). The summed E-state index contributed by atoms with van der Waals surface area (Å²) in [6.45, 7) is 1.45. The molecule has 0 fully saturated rings. The molecule has 0 atom stereocenters. The molecular weight excluding hydrogens is 292 g/mol. The van der Waals surface area contributed by atoms with Gasteiger partial charge in [0.15, 0.2) is 5.82 Å². The van der Waals surface area contributed by atoms with Gasteiger partial charge in [-0.2, -0.15) is 17.2 Å². The number of anilines is 2. The van der Waals surface area contributed by atoms with Gasteiger partial charge in [-0.15, -0.1) is 0 Å². The molecule has 0 unspecified atom stereocenters. The van der Waals surface area contributed by atoms with Crippen LogP contribution in [-0.4, -0.2) is 22.9 Å². The Morgan fingerprint density at radius 3 is 2.55 bits per heavy atom. The zero-order valence-electron chi connectivity index (χ0n) is 10.1. The first-order valence-corrected chi connectivity index (χ1v) is 6.74. The third-order valence-corrected chi connectivity index (χ3v) is 3.48. The number of aromatic nitrogens is 2. The Balaban J connectivity index is 2.36. The fourth-order valence-electron chi connectivity index (χ4n) is 1.59. The van der Waals surface area contributed by atoms with Crippen LogP contribution in [0.3, 0.4) is 0 Å². The minimum absolute atomic E-state index is 0.243. The smallest absolute Gasteiger partial charge is 0.294 e. The molecule has 20 heavy (non-hydrogen) atoms. The van der Waals surface area contributed by atoms with Gasteiger partial charge in [0, 0.05) is 5.69 Å². The molecule has 6 nitrogen and oxygen atoms in total. The summed E-state index contributed by atoms with van der Waals surface area (Å²) in [7, 11) is -4.33. The highest BCUT2D eigenvalue weighted by molar-refractivity contribution is 7.85. The van der Waals surface area contributed by atoms with Gasteiger partial charge in [0.05, 0.1) is 4.90 Å². The summed E-state index contributed by atoms with van der Waals surface area (Å²) in [6, 6.07) is 3.78. The van der Waals surface area contributed by atoms with Crippen molar-refractivity contribution in [3.05, 3.63) is 41.9 Å². The highest BCUT2D eigenvalue weighted by atomic mass is 32.2. The zero-order chi connectivity index (χ0) is 14.9. The lowest BCUT2D eigenvalue weighted by Gasteiger charge is -2.09. The van der Waals surface area contributed by atoms with E-state index in [1.165, 1.54) is 19.1 Å². The van der Waals surface area contributed by atoms with Gasteiger partial charge in [0.1, 0.15) is 6.33 Å². The molecule has 0 aliphatic heterocycles. The number of hydrogen-bond acceptors (Lipinski definition) is 5. The van der Waals surface area contributed by atoms with Crippen LogP contribution in [0, 0.1) is 18.7 Å². The number of rotatable bonds is 3. The van der Waals surface area contributed by atoms with Crippen molar-refractivity contribution in [1.29, 1.82) is 0 Å². The Morgan fingerprint density at radius 2 is 1.95 bits per heavy atom. The van der Waals surface area contributed by atoms with Gasteiger partial charge in [0.25, 0.3) is 16.1 Å². The number of hydrogen-bond donors (Lipinski definition) is 2. The first kappa shape index (κ1) is 14.3. The predicted octanol–water partition coefficient (Wildman–Crippen LogP) is 2.05. The summed E-state index contributed by atoms with van der Waals surface area (Å²) in [6.07, 6.45) is 0.847. The summed E-state index contributed by atoms with van der Waals surface area (Å²) in [4.78, 5) is 6.30. The Kier molecular flexibility index (Phi) is 3.64. The lowest BCUT2D eigenvalue weighted by Crippen LogP contribution is -2.04. The Bertz CT molecular complexity index is 766. The van der Waals surface area contributed by atoms with E-state index in [0.29, 0.717) is 0 Å². The van der Waals surface area contributed by atoms with E-state index >= 15 is 0 Å². The zero-order valence-corrected chi connectivity index (χ0v) is 10.9. The van der Waals surface area contributed by atoms with Crippen LogP contribution in [0.25, 0.3) is 0 Å². The van der Waals surface area contributed by atoms with E-state index in [9.17, 15) is 17.2 Å². The molecule has 9 heteroatoms. The molecule has 1 heterocycles. The third-order valence-electron chi connectivity index (χ3n) is 2.46. The maximum absolute atomic E-state index is 13.4. The van der Waals surface area contributed by atoms with Crippen molar-refractivity contribution in [1.82, 2.24) is 9.97 Å². The van der Waals surface area contributed by atoms with Crippen molar-refractivity contribution in [2.45, 2.75) is 11.8 Å². The third kappa shape index (κ3) is 2.89. The van der Waals surface area contributed by atoms with Crippen LogP contribution in [0.4, 0.5) is 20.3 Å². The number of aryl methyl sites for hydroxylation is 1. The molecule has 0 aliphatic rings. The predicted molar refractivity (Wildman–Crippen MR) is 66.2 cm³/mol. The average Bonchev–Trinajstić information content (AvgIpc) is 2.33. The SMILES string of the molecule is Cc1cc(Nc2ncnc(F)c2F)ccc1S(=O)(=O)O. The molecule has 0 bridgehead atoms. The number of benzene rings is 1. The second-order valence-corrected chi connectivity index (χ2v) is 5.30. The average molecular weight is 301 g/mol. The first-order valence-electron chi connectivity index (χ1n) is 5.30. The fraction of sp³-hybridized carbons (Fsp3) is 0.0909. The lowest BCUT2D eigenvalue weighted by atomic mass is 10.2. The highest BCUT2D eigenvalue weighted by Gasteiger charge is 2.15. The van der Waals surface area contributed by atoms with E-state index in [-0.39, 0.29) is 22.0 Å². The van der Waals surface area contributed by atoms with Crippen molar-refractivity contribution in [3.8, 4) is 0 Å². The normalized spacial score (nSPS) is 11.4. The van der Waals surface area contributed by atoms with E-state index in [1.54, 1.807) is 0 Å². The van der Waals surface area contributed by atoms with Crippen molar-refractivity contribution >= 4 is 21.6 Å². The maximum atomic E-state index is 13.4. The quantitative estimate of drug-likeness (QED) is 0.666. The molecule has 0 saturated carbocycles. The Morgan fingerprint density at radius 1 is 1.25 bits per heavy atom. The molecule has 0 radical (unpaired) electrons. The first-order chi connectivity index (χ1) is 9.29. The minimum atomic E-state index is -4.33. The summed E-state index contributed by atoms with van der Waals surface area (Å²) >= 11 is 0. The van der Waals surface area contributed by atoms with Gasteiger partial charge in [-0.1, -0.05) is 0 Å². The van der Waals surface area contributed by atoms with Gasteiger partial charge in [-0.25, -0.2) is 9.97 Å². The highest BCUT2D eigenvalue weighted by Crippen LogP contribution is 2.23. The van der Waals surface area contributed by atoms with Gasteiger partial charge < -0.3 is 5.32 Å². The van der Waals surface area contributed by atoms with Crippen LogP contribution in [0.2, 0.25) is 0 Å². The van der Waals surface area contributed by atoms with Crippen LogP contribution in [0.15, 0.2) is 29.4 Å². The van der Waals surface area contributed by atoms with E-state index in [0.717, 1.165) is 12.4 Å². The molecule has 2 aromatic rings. The minimum Gasteiger partial charge on any atom is -0.338 e. The monoisotopic (exact) mass is 301 g/mol. The van der Waals surface area contributed by atoms with E-state index in [2.05, 4.69) is 15.3 Å². The number of nitrogens with zero attached hydrogens (tertiary/aromatic N) is 2. The van der Waals surface area contributed by atoms with Gasteiger partial charge >= 0.3 is 0 Å². The fourth-order valence-corrected chi connectivity index (χ4v) is 2.29. The lowest BCUT2D eigenvalue weighted by molar-refractivity contribution is 0.476. The number of halogens is 2. The Hall–Kier alpha value is -2.13. The largest absolute Gasteiger partial charge is 0.338 e. The Labute approximate surface area is 113 Å². The van der Waals surface area contributed by atoms with Gasteiger partial charge in [0.2, 0.25) is 5.82 Å². The molecule has 0 spiro atoms. The second kappa shape index (κ2) is 5.10. The van der Waals surface area contributed by atoms with Crippen molar-refractivity contribution in [2.75, 3.05) is 5.32 Å². The summed E-state index contributed by atoms with van der Waals surface area (Å²) < 4.78 is 57.3. The van der Waals surface area contributed by atoms with Gasteiger partial charge in [-0.05, 0) is 30.7 Å². The maximum Gasteiger partial charge on any atom is 0.294 e. The summed E-state index contributed by atoms with van der Waals surface area (Å²) in [5.41, 5.74) is 0.527. The van der Waals surface area contributed by atoms with E-state index in [1.807, 2.05) is 0 Å². The molecular formula is C11H9F2N3O3S. The second-order valence-electron chi connectivity index (χ2n) is 3.91. The molecule has 2 N–H and O–H groups in total. The van der Waals surface area contributed by atoms with Crippen molar-refractivity contribution in [3.63, 3.8) is 0 Å². The van der Waals surface area contributed by atoms with Crippen molar-refractivity contribution in [2.24, 2.45) is 0 Å². The molecule has 0 aliphatic carbocycles. The molecule has 0 saturated heterocycles. The number of nitrogens with one attached hydrogen (secondary N) is 1. The topological polar surface area (TPSA) is 92.2 Å². The van der Waals surface area contributed by atoms with Crippen LogP contribution < -0.4 is 5.32 Å². The molecule has 1 aromatic heterocycles. The summed E-state index contributed by atoms with van der Waals surface area (Å²) in [5.74, 6) is -2.92. The molecule has 1 aromatic carbocycles. The van der Waals surface area contributed by atoms with Crippen LogP contribution in [0.5, 0.6) is 0 Å². The van der Waals surface area contributed by atoms with Crippen molar-refractivity contribution < 1.29 is 21.8 Å². The standard InChI is InChI=1S/C11H9F2N3O3S/c1-6-4-7(2-3-8(6)20(17,18)19)16-11-9(12)10(13)14-5-15-11/h2-5H,1H3,(H,14,15,16)(H,17,18,19). The summed E-state index contributed by atoms with van der Waals surface area (Å²) in [5, 5.41) is 2.49.